The van der Waals surface area contributed by atoms with Crippen LogP contribution in [0.3, 0.4) is 0 Å². The molecule has 0 fully saturated rings. The molecule has 0 aliphatic heterocycles. The minimum Gasteiger partial charge on any atom is -0.493 e. The van der Waals surface area contributed by atoms with E-state index in [9.17, 15) is 0 Å². The van der Waals surface area contributed by atoms with Crippen LogP contribution in [0.15, 0.2) is 49.1 Å². The standard InChI is InChI=1S/C22H23N5O2/c1-14-6-18-17(13-27-21(18)24-9-14)7-16-8-19(28-2)22(26-12-16)25-11-15-4-5-20(29-3)23-10-15/h4-6,8-10,12-13H,7,11H2,1-3H3,(H,24,27)(H,25,26). The third-order valence-electron chi connectivity index (χ3n) is 4.74. The number of ether oxygens (including phenoxy) is 2. The van der Waals surface area contributed by atoms with Gasteiger partial charge in [-0.15, -0.1) is 0 Å². The predicted molar refractivity (Wildman–Crippen MR) is 113 cm³/mol. The SMILES string of the molecule is COc1ccc(CNc2ncc(Cc3c[nH]c4ncc(C)cc34)cc2OC)cn1. The fourth-order valence-electron chi connectivity index (χ4n) is 3.22. The second-order valence-corrected chi connectivity index (χ2v) is 6.86. The van der Waals surface area contributed by atoms with Crippen molar-refractivity contribution in [1.82, 2.24) is 19.9 Å². The number of aromatic amines is 1. The Labute approximate surface area is 169 Å². The molecule has 0 aliphatic rings. The van der Waals surface area contributed by atoms with Crippen LogP contribution in [0.1, 0.15) is 22.3 Å². The van der Waals surface area contributed by atoms with Gasteiger partial charge in [0.15, 0.2) is 11.6 Å². The Morgan fingerprint density at radius 2 is 1.83 bits per heavy atom. The van der Waals surface area contributed by atoms with Crippen molar-refractivity contribution in [1.29, 1.82) is 0 Å². The Bertz CT molecular complexity index is 1120. The molecule has 4 heterocycles. The normalized spacial score (nSPS) is 10.9. The summed E-state index contributed by atoms with van der Waals surface area (Å²) in [4.78, 5) is 16.5. The number of fused-ring (bicyclic) bond motifs is 1. The molecule has 0 unspecified atom stereocenters. The van der Waals surface area contributed by atoms with E-state index in [-0.39, 0.29) is 0 Å². The van der Waals surface area contributed by atoms with E-state index in [2.05, 4.69) is 31.3 Å². The summed E-state index contributed by atoms with van der Waals surface area (Å²) in [6.45, 7) is 2.64. The molecule has 0 saturated carbocycles. The molecule has 7 nitrogen and oxygen atoms in total. The van der Waals surface area contributed by atoms with Gasteiger partial charge in [-0.3, -0.25) is 0 Å². The van der Waals surface area contributed by atoms with Crippen LogP contribution in [0.2, 0.25) is 0 Å². The first-order chi connectivity index (χ1) is 14.2. The highest BCUT2D eigenvalue weighted by Gasteiger charge is 2.10. The molecule has 0 saturated heterocycles. The number of aryl methyl sites for hydroxylation is 1. The van der Waals surface area contributed by atoms with Crippen LogP contribution in [0.4, 0.5) is 5.82 Å². The van der Waals surface area contributed by atoms with E-state index in [0.29, 0.717) is 24.0 Å². The first kappa shape index (κ1) is 18.7. The average molecular weight is 389 g/mol. The van der Waals surface area contributed by atoms with Gasteiger partial charge in [-0.05, 0) is 41.3 Å². The Morgan fingerprint density at radius 1 is 0.966 bits per heavy atom. The van der Waals surface area contributed by atoms with E-state index in [4.69, 9.17) is 9.47 Å². The lowest BCUT2D eigenvalue weighted by Gasteiger charge is -2.12. The maximum Gasteiger partial charge on any atom is 0.212 e. The summed E-state index contributed by atoms with van der Waals surface area (Å²) in [5, 5.41) is 4.45. The van der Waals surface area contributed by atoms with Gasteiger partial charge in [-0.25, -0.2) is 15.0 Å². The summed E-state index contributed by atoms with van der Waals surface area (Å²) in [6.07, 6.45) is 8.27. The number of aromatic nitrogens is 4. The van der Waals surface area contributed by atoms with Gasteiger partial charge in [-0.1, -0.05) is 6.07 Å². The maximum atomic E-state index is 5.56. The highest BCUT2D eigenvalue weighted by atomic mass is 16.5. The van der Waals surface area contributed by atoms with Crippen LogP contribution in [-0.4, -0.2) is 34.2 Å². The van der Waals surface area contributed by atoms with Crippen LogP contribution >= 0.6 is 0 Å². The average Bonchev–Trinajstić information content (AvgIpc) is 3.14. The van der Waals surface area contributed by atoms with Crippen molar-refractivity contribution in [3.63, 3.8) is 0 Å². The minimum absolute atomic E-state index is 0.590. The van der Waals surface area contributed by atoms with Crippen molar-refractivity contribution in [2.75, 3.05) is 19.5 Å². The molecule has 2 N–H and O–H groups in total. The summed E-state index contributed by atoms with van der Waals surface area (Å²) in [7, 11) is 3.25. The Kier molecular flexibility index (Phi) is 5.29. The number of methoxy groups -OCH3 is 2. The molecule has 4 rings (SSSR count). The zero-order valence-corrected chi connectivity index (χ0v) is 16.7. The van der Waals surface area contributed by atoms with Crippen molar-refractivity contribution < 1.29 is 9.47 Å². The van der Waals surface area contributed by atoms with Gasteiger partial charge in [0.2, 0.25) is 5.88 Å². The largest absolute Gasteiger partial charge is 0.493 e. The van der Waals surface area contributed by atoms with Gasteiger partial charge in [0, 0.05) is 49.2 Å². The lowest BCUT2D eigenvalue weighted by molar-refractivity contribution is 0.397. The van der Waals surface area contributed by atoms with Gasteiger partial charge in [0.05, 0.1) is 14.2 Å². The van der Waals surface area contributed by atoms with Crippen LogP contribution in [0, 0.1) is 6.92 Å². The van der Waals surface area contributed by atoms with Crippen LogP contribution in [0.5, 0.6) is 11.6 Å². The van der Waals surface area contributed by atoms with Crippen molar-refractivity contribution in [3.05, 3.63) is 71.3 Å². The molecule has 0 radical (unpaired) electrons. The Balaban J connectivity index is 1.50. The number of rotatable bonds is 7. The lowest BCUT2D eigenvalue weighted by atomic mass is 10.1. The second kappa shape index (κ2) is 8.18. The van der Waals surface area contributed by atoms with E-state index in [1.54, 1.807) is 20.4 Å². The third kappa shape index (κ3) is 4.13. The number of pyridine rings is 3. The van der Waals surface area contributed by atoms with Crippen molar-refractivity contribution in [3.8, 4) is 11.6 Å². The summed E-state index contributed by atoms with van der Waals surface area (Å²) >= 11 is 0. The molecule has 7 heteroatoms. The molecule has 0 spiro atoms. The summed E-state index contributed by atoms with van der Waals surface area (Å²) in [6, 6.07) is 7.97. The summed E-state index contributed by atoms with van der Waals surface area (Å²) < 4.78 is 10.6. The number of H-pyrrole nitrogens is 1. The number of hydrogen-bond acceptors (Lipinski definition) is 6. The highest BCUT2D eigenvalue weighted by molar-refractivity contribution is 5.80. The fourth-order valence-corrected chi connectivity index (χ4v) is 3.22. The third-order valence-corrected chi connectivity index (χ3v) is 4.74. The molecule has 4 aromatic heterocycles. The predicted octanol–water partition coefficient (Wildman–Crippen LogP) is 3.88. The van der Waals surface area contributed by atoms with Crippen LogP contribution in [0.25, 0.3) is 11.0 Å². The van der Waals surface area contributed by atoms with Crippen molar-refractivity contribution in [2.45, 2.75) is 19.9 Å². The van der Waals surface area contributed by atoms with E-state index < -0.39 is 0 Å². The number of anilines is 1. The molecule has 0 bridgehead atoms. The molecule has 0 atom stereocenters. The van der Waals surface area contributed by atoms with E-state index in [1.807, 2.05) is 43.7 Å². The van der Waals surface area contributed by atoms with Crippen molar-refractivity contribution >= 4 is 16.9 Å². The number of nitrogens with one attached hydrogen (secondary N) is 2. The highest BCUT2D eigenvalue weighted by Crippen LogP contribution is 2.26. The van der Waals surface area contributed by atoms with E-state index in [0.717, 1.165) is 34.1 Å². The van der Waals surface area contributed by atoms with E-state index in [1.165, 1.54) is 5.56 Å². The Hall–Kier alpha value is -3.61. The number of nitrogens with zero attached hydrogens (tertiary/aromatic N) is 3. The molecular formula is C22H23N5O2. The molecule has 29 heavy (non-hydrogen) atoms. The molecule has 0 aromatic carbocycles. The monoisotopic (exact) mass is 389 g/mol. The van der Waals surface area contributed by atoms with Crippen LogP contribution in [-0.2, 0) is 13.0 Å². The quantitative estimate of drug-likeness (QED) is 0.499. The summed E-state index contributed by atoms with van der Waals surface area (Å²) in [5.74, 6) is 2.00. The molecular weight excluding hydrogens is 366 g/mol. The van der Waals surface area contributed by atoms with E-state index >= 15 is 0 Å². The topological polar surface area (TPSA) is 85.0 Å². The minimum atomic E-state index is 0.590. The van der Waals surface area contributed by atoms with Gasteiger partial charge in [-0.2, -0.15) is 0 Å². The van der Waals surface area contributed by atoms with Gasteiger partial charge in [0.25, 0.3) is 0 Å². The van der Waals surface area contributed by atoms with Crippen LogP contribution < -0.4 is 14.8 Å². The van der Waals surface area contributed by atoms with Gasteiger partial charge < -0.3 is 19.8 Å². The maximum absolute atomic E-state index is 5.56. The second-order valence-electron chi connectivity index (χ2n) is 6.86. The molecule has 4 aromatic rings. The first-order valence-electron chi connectivity index (χ1n) is 9.34. The zero-order chi connectivity index (χ0) is 20.2. The Morgan fingerprint density at radius 3 is 2.59 bits per heavy atom. The van der Waals surface area contributed by atoms with Crippen molar-refractivity contribution in [2.24, 2.45) is 0 Å². The van der Waals surface area contributed by atoms with Gasteiger partial charge in [0.1, 0.15) is 5.65 Å². The summed E-state index contributed by atoms with van der Waals surface area (Å²) in [5.41, 5.74) is 5.32. The zero-order valence-electron chi connectivity index (χ0n) is 16.7. The molecule has 148 valence electrons. The first-order valence-corrected chi connectivity index (χ1v) is 9.34. The lowest BCUT2D eigenvalue weighted by Crippen LogP contribution is -2.05. The smallest absolute Gasteiger partial charge is 0.212 e. The fraction of sp³-hybridized carbons (Fsp3) is 0.227. The molecule has 0 aliphatic carbocycles. The van der Waals surface area contributed by atoms with Gasteiger partial charge >= 0.3 is 0 Å². The molecule has 0 amide bonds. The number of hydrogen-bond donors (Lipinski definition) is 2.